The second-order valence-corrected chi connectivity index (χ2v) is 6.89. The molecule has 0 aliphatic heterocycles. The van der Waals surface area contributed by atoms with Crippen molar-refractivity contribution in [1.82, 2.24) is 9.38 Å². The summed E-state index contributed by atoms with van der Waals surface area (Å²) in [5, 5.41) is 2.93. The van der Waals surface area contributed by atoms with Crippen LogP contribution in [-0.4, -0.2) is 22.4 Å². The van der Waals surface area contributed by atoms with Gasteiger partial charge in [0.25, 0.3) is 5.91 Å². The highest BCUT2D eigenvalue weighted by Crippen LogP contribution is 2.31. The van der Waals surface area contributed by atoms with E-state index in [-0.39, 0.29) is 5.91 Å². The topological polar surface area (TPSA) is 55.6 Å². The van der Waals surface area contributed by atoms with Gasteiger partial charge in [0, 0.05) is 28.0 Å². The fourth-order valence-corrected chi connectivity index (χ4v) is 3.26. The van der Waals surface area contributed by atoms with Crippen LogP contribution in [0.15, 0.2) is 77.5 Å². The molecule has 4 aromatic rings. The first-order chi connectivity index (χ1) is 13.1. The van der Waals surface area contributed by atoms with E-state index in [4.69, 9.17) is 4.74 Å². The van der Waals surface area contributed by atoms with Crippen LogP contribution in [0.5, 0.6) is 5.75 Å². The Hall–Kier alpha value is -3.12. The zero-order valence-corrected chi connectivity index (χ0v) is 16.1. The van der Waals surface area contributed by atoms with Crippen LogP contribution in [0, 0.1) is 0 Å². The number of anilines is 1. The Labute approximate surface area is 164 Å². The number of methoxy groups -OCH3 is 1. The minimum absolute atomic E-state index is 0.207. The third-order valence-electron chi connectivity index (χ3n) is 4.19. The molecular weight excluding hydrogens is 406 g/mol. The molecule has 0 saturated heterocycles. The van der Waals surface area contributed by atoms with Crippen molar-refractivity contribution in [2.45, 2.75) is 0 Å². The molecule has 1 amide bonds. The lowest BCUT2D eigenvalue weighted by atomic mass is 10.1. The van der Waals surface area contributed by atoms with Gasteiger partial charge in [0.05, 0.1) is 18.5 Å². The molecule has 4 rings (SSSR count). The number of ether oxygens (including phenoxy) is 1. The number of carbonyl (C=O) groups excluding carboxylic acids is 1. The highest BCUT2D eigenvalue weighted by Gasteiger charge is 2.13. The Morgan fingerprint density at radius 2 is 2.00 bits per heavy atom. The van der Waals surface area contributed by atoms with Gasteiger partial charge in [-0.2, -0.15) is 0 Å². The summed E-state index contributed by atoms with van der Waals surface area (Å²) in [6.45, 7) is 0. The van der Waals surface area contributed by atoms with Crippen LogP contribution >= 0.6 is 15.9 Å². The van der Waals surface area contributed by atoms with Crippen LogP contribution in [0.1, 0.15) is 10.4 Å². The average molecular weight is 422 g/mol. The molecule has 5 nitrogen and oxygen atoms in total. The summed E-state index contributed by atoms with van der Waals surface area (Å²) in [4.78, 5) is 17.2. The molecule has 0 aliphatic rings. The van der Waals surface area contributed by atoms with E-state index in [1.54, 1.807) is 19.2 Å². The highest BCUT2D eigenvalue weighted by molar-refractivity contribution is 9.10. The molecule has 0 spiro atoms. The maximum Gasteiger partial charge on any atom is 0.255 e. The Balaban J connectivity index is 1.69. The minimum atomic E-state index is -0.207. The Bertz CT molecular complexity index is 1100. The summed E-state index contributed by atoms with van der Waals surface area (Å²) in [5.74, 6) is 0.382. The third kappa shape index (κ3) is 3.57. The summed E-state index contributed by atoms with van der Waals surface area (Å²) < 4.78 is 8.21. The number of aromatic nitrogens is 2. The molecule has 1 N–H and O–H groups in total. The van der Waals surface area contributed by atoms with Gasteiger partial charge in [-0.15, -0.1) is 0 Å². The fourth-order valence-electron chi connectivity index (χ4n) is 2.86. The molecule has 2 aromatic heterocycles. The SMILES string of the molecule is COc1ccc(-c2cn3ccccc3n2)cc1NC(=O)c1cccc(Br)c1. The van der Waals surface area contributed by atoms with E-state index in [1.165, 1.54) is 0 Å². The van der Waals surface area contributed by atoms with E-state index < -0.39 is 0 Å². The lowest BCUT2D eigenvalue weighted by molar-refractivity contribution is 0.102. The summed E-state index contributed by atoms with van der Waals surface area (Å²) in [6, 6.07) is 18.7. The number of pyridine rings is 1. The Morgan fingerprint density at radius 1 is 1.11 bits per heavy atom. The summed E-state index contributed by atoms with van der Waals surface area (Å²) in [6.07, 6.45) is 3.91. The molecule has 134 valence electrons. The number of halogens is 1. The van der Waals surface area contributed by atoms with Crippen LogP contribution in [0.3, 0.4) is 0 Å². The van der Waals surface area contributed by atoms with Gasteiger partial charge in [0.15, 0.2) is 0 Å². The van der Waals surface area contributed by atoms with Crippen molar-refractivity contribution in [1.29, 1.82) is 0 Å². The quantitative estimate of drug-likeness (QED) is 0.502. The van der Waals surface area contributed by atoms with Crippen molar-refractivity contribution in [3.63, 3.8) is 0 Å². The Kier molecular flexibility index (Phi) is 4.64. The molecule has 0 unspecified atom stereocenters. The maximum atomic E-state index is 12.6. The molecule has 27 heavy (non-hydrogen) atoms. The van der Waals surface area contributed by atoms with Crippen LogP contribution < -0.4 is 10.1 Å². The molecule has 0 atom stereocenters. The lowest BCUT2D eigenvalue weighted by Crippen LogP contribution is -2.12. The molecule has 6 heteroatoms. The average Bonchev–Trinajstić information content (AvgIpc) is 3.12. The van der Waals surface area contributed by atoms with Gasteiger partial charge in [-0.1, -0.05) is 28.1 Å². The molecule has 0 fully saturated rings. The van der Waals surface area contributed by atoms with Crippen LogP contribution in [0.2, 0.25) is 0 Å². The number of amides is 1. The molecule has 0 radical (unpaired) electrons. The van der Waals surface area contributed by atoms with Gasteiger partial charge in [-0.05, 0) is 48.5 Å². The number of hydrogen-bond donors (Lipinski definition) is 1. The van der Waals surface area contributed by atoms with E-state index in [0.717, 1.165) is 21.4 Å². The van der Waals surface area contributed by atoms with Crippen molar-refractivity contribution in [2.24, 2.45) is 0 Å². The number of rotatable bonds is 4. The second kappa shape index (κ2) is 7.25. The Morgan fingerprint density at radius 3 is 2.78 bits per heavy atom. The number of carbonyl (C=O) groups is 1. The molecule has 0 bridgehead atoms. The van der Waals surface area contributed by atoms with E-state index in [0.29, 0.717) is 17.0 Å². The van der Waals surface area contributed by atoms with Gasteiger partial charge >= 0.3 is 0 Å². The number of fused-ring (bicyclic) bond motifs is 1. The highest BCUT2D eigenvalue weighted by atomic mass is 79.9. The van der Waals surface area contributed by atoms with E-state index in [9.17, 15) is 4.79 Å². The third-order valence-corrected chi connectivity index (χ3v) is 4.69. The van der Waals surface area contributed by atoms with Crippen molar-refractivity contribution in [3.05, 3.63) is 83.1 Å². The monoisotopic (exact) mass is 421 g/mol. The molecular formula is C21H16BrN3O2. The maximum absolute atomic E-state index is 12.6. The molecule has 0 saturated carbocycles. The van der Waals surface area contributed by atoms with Crippen molar-refractivity contribution < 1.29 is 9.53 Å². The number of hydrogen-bond acceptors (Lipinski definition) is 3. The molecule has 0 aliphatic carbocycles. The minimum Gasteiger partial charge on any atom is -0.495 e. The van der Waals surface area contributed by atoms with Gasteiger partial charge < -0.3 is 14.5 Å². The number of benzene rings is 2. The molecule has 2 heterocycles. The van der Waals surface area contributed by atoms with E-state index in [1.807, 2.05) is 65.3 Å². The van der Waals surface area contributed by atoms with Crippen LogP contribution in [-0.2, 0) is 0 Å². The predicted molar refractivity (Wildman–Crippen MR) is 109 cm³/mol. The van der Waals surface area contributed by atoms with Crippen molar-refractivity contribution in [3.8, 4) is 17.0 Å². The van der Waals surface area contributed by atoms with Crippen molar-refractivity contribution in [2.75, 3.05) is 12.4 Å². The smallest absolute Gasteiger partial charge is 0.255 e. The van der Waals surface area contributed by atoms with E-state index >= 15 is 0 Å². The summed E-state index contributed by atoms with van der Waals surface area (Å²) >= 11 is 3.39. The normalized spacial score (nSPS) is 10.7. The number of nitrogens with zero attached hydrogens (tertiary/aromatic N) is 2. The van der Waals surface area contributed by atoms with Crippen molar-refractivity contribution >= 4 is 33.2 Å². The standard InChI is InChI=1S/C21H16BrN3O2/c1-27-19-9-8-14(18-13-25-10-3-2-7-20(25)23-18)12-17(19)24-21(26)15-5-4-6-16(22)11-15/h2-13H,1H3,(H,24,26). The first-order valence-corrected chi connectivity index (χ1v) is 9.12. The van der Waals surface area contributed by atoms with Gasteiger partial charge in [-0.3, -0.25) is 4.79 Å². The largest absolute Gasteiger partial charge is 0.495 e. The van der Waals surface area contributed by atoms with Gasteiger partial charge in [0.1, 0.15) is 11.4 Å². The zero-order valence-electron chi connectivity index (χ0n) is 14.5. The fraction of sp³-hybridized carbons (Fsp3) is 0.0476. The first-order valence-electron chi connectivity index (χ1n) is 8.33. The lowest BCUT2D eigenvalue weighted by Gasteiger charge is -2.12. The van der Waals surface area contributed by atoms with Crippen LogP contribution in [0.25, 0.3) is 16.9 Å². The predicted octanol–water partition coefficient (Wildman–Crippen LogP) is 5.02. The summed E-state index contributed by atoms with van der Waals surface area (Å²) in [7, 11) is 1.58. The van der Waals surface area contributed by atoms with Gasteiger partial charge in [-0.25, -0.2) is 4.98 Å². The van der Waals surface area contributed by atoms with Gasteiger partial charge in [0.2, 0.25) is 0 Å². The number of imidazole rings is 1. The zero-order chi connectivity index (χ0) is 18.8. The van der Waals surface area contributed by atoms with Crippen LogP contribution in [0.4, 0.5) is 5.69 Å². The summed E-state index contributed by atoms with van der Waals surface area (Å²) in [5.41, 5.74) is 3.73. The number of nitrogens with one attached hydrogen (secondary N) is 1. The van der Waals surface area contributed by atoms with E-state index in [2.05, 4.69) is 26.2 Å². The molecule has 2 aromatic carbocycles. The first kappa shape index (κ1) is 17.3. The second-order valence-electron chi connectivity index (χ2n) is 5.97.